The van der Waals surface area contributed by atoms with E-state index in [9.17, 15) is 19.2 Å². The predicted molar refractivity (Wildman–Crippen MR) is 138 cm³/mol. The van der Waals surface area contributed by atoms with Crippen LogP contribution in [-0.2, 0) is 20.8 Å². The predicted octanol–water partition coefficient (Wildman–Crippen LogP) is 1.57. The number of amides is 5. The molecule has 1 aliphatic rings. The van der Waals surface area contributed by atoms with Crippen LogP contribution in [0.25, 0.3) is 10.9 Å². The number of aromatic amines is 1. The van der Waals surface area contributed by atoms with Gasteiger partial charge in [0.05, 0.1) is 6.04 Å². The van der Waals surface area contributed by atoms with Crippen molar-refractivity contribution in [1.82, 2.24) is 25.8 Å². The molecule has 0 unspecified atom stereocenters. The average Bonchev–Trinajstić information content (AvgIpc) is 3.40. The summed E-state index contributed by atoms with van der Waals surface area (Å²) in [6.45, 7) is 9.97. The molecule has 0 spiro atoms. The normalized spacial score (nSPS) is 18.5. The standard InChI is InChI=1S/C26H36N6O4/c1-5-11-28-25(36)31-19-10-12-32(21(33)14-26(2,3)4)22(19)24(35)30-20(23(27)34)13-16-15-29-18-9-7-6-8-17(16)18/h5-9,15,19-20,22,29H,1,10-14H2,2-4H3,(H2,27,34)(H,30,35)(H2,28,31,36)/t19-,20+,22-/m0/s1. The molecular weight excluding hydrogens is 460 g/mol. The quantitative estimate of drug-likeness (QED) is 0.335. The summed E-state index contributed by atoms with van der Waals surface area (Å²) in [5.74, 6) is -1.41. The molecule has 10 nitrogen and oxygen atoms in total. The van der Waals surface area contributed by atoms with E-state index < -0.39 is 36.0 Å². The van der Waals surface area contributed by atoms with Gasteiger partial charge in [0.1, 0.15) is 12.1 Å². The molecule has 1 aromatic carbocycles. The fraction of sp³-hybridized carbons (Fsp3) is 0.462. The van der Waals surface area contributed by atoms with Crippen molar-refractivity contribution in [2.45, 2.75) is 58.2 Å². The zero-order valence-electron chi connectivity index (χ0n) is 21.1. The van der Waals surface area contributed by atoms with E-state index in [1.807, 2.05) is 45.0 Å². The van der Waals surface area contributed by atoms with Crippen molar-refractivity contribution in [3.05, 3.63) is 48.7 Å². The number of hydrogen-bond donors (Lipinski definition) is 5. The minimum atomic E-state index is -0.993. The minimum Gasteiger partial charge on any atom is -0.368 e. The summed E-state index contributed by atoms with van der Waals surface area (Å²) >= 11 is 0. The Morgan fingerprint density at radius 1 is 1.25 bits per heavy atom. The molecule has 3 atom stereocenters. The number of carbonyl (C=O) groups excluding carboxylic acids is 4. The monoisotopic (exact) mass is 496 g/mol. The van der Waals surface area contributed by atoms with E-state index in [0.29, 0.717) is 13.0 Å². The second-order valence-corrected chi connectivity index (χ2v) is 10.3. The number of carbonyl (C=O) groups is 4. The van der Waals surface area contributed by atoms with E-state index in [2.05, 4.69) is 27.5 Å². The highest BCUT2D eigenvalue weighted by Gasteiger charge is 2.44. The summed E-state index contributed by atoms with van der Waals surface area (Å²) in [5.41, 5.74) is 7.12. The molecule has 0 bridgehead atoms. The first kappa shape index (κ1) is 26.8. The molecule has 0 radical (unpaired) electrons. The highest BCUT2D eigenvalue weighted by atomic mass is 16.2. The highest BCUT2D eigenvalue weighted by Crippen LogP contribution is 2.26. The van der Waals surface area contributed by atoms with Crippen LogP contribution in [0.5, 0.6) is 0 Å². The summed E-state index contributed by atoms with van der Waals surface area (Å²) in [6.07, 6.45) is 4.15. The topological polar surface area (TPSA) is 149 Å². The van der Waals surface area contributed by atoms with Crippen molar-refractivity contribution in [2.75, 3.05) is 13.1 Å². The fourth-order valence-corrected chi connectivity index (χ4v) is 4.49. The van der Waals surface area contributed by atoms with E-state index in [-0.39, 0.29) is 30.7 Å². The van der Waals surface area contributed by atoms with Crippen LogP contribution in [0.1, 0.15) is 39.2 Å². The number of fused-ring (bicyclic) bond motifs is 1. The SMILES string of the molecule is C=CCNC(=O)N[C@H]1CCN(C(=O)CC(C)(C)C)[C@@H]1C(=O)N[C@H](Cc1c[nH]c2ccccc12)C(N)=O. The molecule has 0 saturated carbocycles. The molecular formula is C26H36N6O4. The Labute approximate surface area is 211 Å². The number of nitrogens with two attached hydrogens (primary N) is 1. The molecule has 3 rings (SSSR count). The third-order valence-electron chi connectivity index (χ3n) is 6.15. The number of primary amides is 1. The molecule has 194 valence electrons. The number of aromatic nitrogens is 1. The number of nitrogens with zero attached hydrogens (tertiary/aromatic N) is 1. The van der Waals surface area contributed by atoms with Gasteiger partial charge in [0, 0.05) is 43.0 Å². The van der Waals surface area contributed by atoms with Crippen molar-refractivity contribution >= 4 is 34.7 Å². The van der Waals surface area contributed by atoms with Crippen LogP contribution >= 0.6 is 0 Å². The van der Waals surface area contributed by atoms with Gasteiger partial charge in [-0.2, -0.15) is 0 Å². The van der Waals surface area contributed by atoms with Gasteiger partial charge in [-0.25, -0.2) is 4.79 Å². The summed E-state index contributed by atoms with van der Waals surface area (Å²) in [6, 6.07) is 4.58. The molecule has 2 heterocycles. The summed E-state index contributed by atoms with van der Waals surface area (Å²) in [4.78, 5) is 55.9. The molecule has 1 saturated heterocycles. The number of likely N-dealkylation sites (tertiary alicyclic amines) is 1. The van der Waals surface area contributed by atoms with E-state index >= 15 is 0 Å². The fourth-order valence-electron chi connectivity index (χ4n) is 4.49. The van der Waals surface area contributed by atoms with Crippen LogP contribution in [0, 0.1) is 5.41 Å². The minimum absolute atomic E-state index is 0.186. The lowest BCUT2D eigenvalue weighted by atomic mass is 9.91. The Kier molecular flexibility index (Phi) is 8.39. The molecule has 0 aliphatic carbocycles. The molecule has 1 fully saturated rings. The maximum absolute atomic E-state index is 13.5. The van der Waals surface area contributed by atoms with Gasteiger partial charge in [-0.1, -0.05) is 45.0 Å². The number of rotatable bonds is 9. The maximum atomic E-state index is 13.5. The largest absolute Gasteiger partial charge is 0.368 e. The van der Waals surface area contributed by atoms with E-state index in [0.717, 1.165) is 16.5 Å². The van der Waals surface area contributed by atoms with Crippen molar-refractivity contribution in [2.24, 2.45) is 11.1 Å². The van der Waals surface area contributed by atoms with E-state index in [1.54, 1.807) is 12.3 Å². The second kappa shape index (κ2) is 11.3. The smallest absolute Gasteiger partial charge is 0.315 e. The van der Waals surface area contributed by atoms with E-state index in [1.165, 1.54) is 4.90 Å². The first-order chi connectivity index (χ1) is 17.0. The molecule has 6 N–H and O–H groups in total. The Balaban J connectivity index is 1.81. The van der Waals surface area contributed by atoms with Gasteiger partial charge in [0.25, 0.3) is 0 Å². The van der Waals surface area contributed by atoms with Crippen LogP contribution in [0.2, 0.25) is 0 Å². The van der Waals surface area contributed by atoms with Gasteiger partial charge >= 0.3 is 6.03 Å². The van der Waals surface area contributed by atoms with Crippen molar-refractivity contribution in [1.29, 1.82) is 0 Å². The molecule has 2 aromatic rings. The zero-order chi connectivity index (χ0) is 26.5. The lowest BCUT2D eigenvalue weighted by Crippen LogP contribution is -2.59. The zero-order valence-corrected chi connectivity index (χ0v) is 21.1. The number of urea groups is 1. The Hall–Kier alpha value is -3.82. The number of benzene rings is 1. The van der Waals surface area contributed by atoms with Crippen LogP contribution in [0.15, 0.2) is 43.1 Å². The first-order valence-corrected chi connectivity index (χ1v) is 12.1. The molecule has 36 heavy (non-hydrogen) atoms. The molecule has 1 aliphatic heterocycles. The summed E-state index contributed by atoms with van der Waals surface area (Å²) < 4.78 is 0. The Morgan fingerprint density at radius 2 is 1.97 bits per heavy atom. The molecule has 1 aromatic heterocycles. The number of para-hydroxylation sites is 1. The van der Waals surface area contributed by atoms with Gasteiger partial charge in [-0.3, -0.25) is 14.4 Å². The van der Waals surface area contributed by atoms with Gasteiger partial charge < -0.3 is 31.6 Å². The van der Waals surface area contributed by atoms with Crippen molar-refractivity contribution in [3.63, 3.8) is 0 Å². The lowest BCUT2D eigenvalue weighted by molar-refractivity contribution is -0.141. The second-order valence-electron chi connectivity index (χ2n) is 10.3. The number of nitrogens with one attached hydrogen (secondary N) is 4. The Morgan fingerprint density at radius 3 is 2.64 bits per heavy atom. The number of hydrogen-bond acceptors (Lipinski definition) is 4. The van der Waals surface area contributed by atoms with Gasteiger partial charge in [-0.05, 0) is 23.5 Å². The molecule has 10 heteroatoms. The van der Waals surface area contributed by atoms with Crippen LogP contribution < -0.4 is 21.7 Å². The van der Waals surface area contributed by atoms with Crippen LogP contribution in [-0.4, -0.2) is 64.9 Å². The van der Waals surface area contributed by atoms with Gasteiger partial charge in [0.2, 0.25) is 17.7 Å². The molecule has 5 amide bonds. The highest BCUT2D eigenvalue weighted by molar-refractivity contribution is 5.94. The third kappa shape index (κ3) is 6.65. The summed E-state index contributed by atoms with van der Waals surface area (Å²) in [7, 11) is 0. The van der Waals surface area contributed by atoms with Gasteiger partial charge in [0.15, 0.2) is 0 Å². The van der Waals surface area contributed by atoms with E-state index in [4.69, 9.17) is 5.73 Å². The van der Waals surface area contributed by atoms with Crippen LogP contribution in [0.4, 0.5) is 4.79 Å². The average molecular weight is 497 g/mol. The first-order valence-electron chi connectivity index (χ1n) is 12.1. The third-order valence-corrected chi connectivity index (χ3v) is 6.15. The maximum Gasteiger partial charge on any atom is 0.315 e. The number of H-pyrrole nitrogens is 1. The van der Waals surface area contributed by atoms with Crippen molar-refractivity contribution in [3.8, 4) is 0 Å². The summed E-state index contributed by atoms with van der Waals surface area (Å²) in [5, 5.41) is 9.09. The van der Waals surface area contributed by atoms with Crippen molar-refractivity contribution < 1.29 is 19.2 Å². The lowest BCUT2D eigenvalue weighted by Gasteiger charge is -2.31. The van der Waals surface area contributed by atoms with Crippen LogP contribution in [0.3, 0.4) is 0 Å². The Bertz CT molecular complexity index is 1130. The van der Waals surface area contributed by atoms with Gasteiger partial charge in [-0.15, -0.1) is 6.58 Å².